The van der Waals surface area contributed by atoms with Gasteiger partial charge in [-0.1, -0.05) is 28.8 Å². The Morgan fingerprint density at radius 1 is 1.67 bits per heavy atom. The summed E-state index contributed by atoms with van der Waals surface area (Å²) < 4.78 is 12.7. The van der Waals surface area contributed by atoms with Crippen molar-refractivity contribution in [2.45, 2.75) is 0 Å². The first kappa shape index (κ1) is 9.41. The van der Waals surface area contributed by atoms with E-state index in [0.717, 1.165) is 3.57 Å². The molecule has 0 aliphatic carbocycles. The predicted octanol–water partition coefficient (Wildman–Crippen LogP) is -1.37. The fraction of sp³-hybridized carbons (Fsp3) is 0. The van der Waals surface area contributed by atoms with Crippen LogP contribution in [0.5, 0.6) is 0 Å². The van der Waals surface area contributed by atoms with Crippen LogP contribution in [0.2, 0.25) is 0 Å². The third-order valence-electron chi connectivity index (χ3n) is 0.631. The number of aromatic nitrogens is 1. The fourth-order valence-corrected chi connectivity index (χ4v) is 0.724. The molecular formula is C5H2FILiN. The topological polar surface area (TPSA) is 12.9 Å². The normalized spacial score (nSPS) is 8.22. The molecule has 0 bridgehead atoms. The summed E-state index contributed by atoms with van der Waals surface area (Å²) >= 11 is 1.97. The molecule has 0 aromatic carbocycles. The van der Waals surface area contributed by atoms with Gasteiger partial charge in [-0.15, -0.1) is 0 Å². The maximum absolute atomic E-state index is 12.0. The molecule has 0 radical (unpaired) electrons. The number of hydrogen-bond donors (Lipinski definition) is 0. The quantitative estimate of drug-likeness (QED) is 0.231. The molecule has 9 heavy (non-hydrogen) atoms. The van der Waals surface area contributed by atoms with Crippen LogP contribution in [0, 0.1) is 15.6 Å². The molecule has 1 aromatic rings. The van der Waals surface area contributed by atoms with Gasteiger partial charge in [0.25, 0.3) is 0 Å². The Balaban J connectivity index is 0.000000640. The molecule has 0 fully saturated rings. The summed E-state index contributed by atoms with van der Waals surface area (Å²) in [5, 5.41) is 0. The summed E-state index contributed by atoms with van der Waals surface area (Å²) in [6.07, 6.45) is 1.41. The van der Waals surface area contributed by atoms with Crippen LogP contribution >= 0.6 is 22.6 Å². The molecule has 1 heterocycles. The Labute approximate surface area is 78.4 Å². The number of hydrogen-bond acceptors (Lipinski definition) is 1. The van der Waals surface area contributed by atoms with Crippen molar-refractivity contribution in [1.29, 1.82) is 0 Å². The van der Waals surface area contributed by atoms with Gasteiger partial charge >= 0.3 is 18.9 Å². The standard InChI is InChI=1S/C5H2FIN.Li/c6-5-3-4(7)1-2-8-5;/h1-2H;/q-1;+1. The zero-order valence-electron chi connectivity index (χ0n) is 4.86. The molecule has 0 spiro atoms. The van der Waals surface area contributed by atoms with E-state index in [9.17, 15) is 4.39 Å². The van der Waals surface area contributed by atoms with Crippen molar-refractivity contribution in [2.75, 3.05) is 0 Å². The number of pyridine rings is 1. The van der Waals surface area contributed by atoms with Gasteiger partial charge in [-0.25, -0.2) is 4.39 Å². The molecule has 0 amide bonds. The molecule has 0 saturated carbocycles. The number of rotatable bonds is 0. The van der Waals surface area contributed by atoms with E-state index in [1.54, 1.807) is 6.07 Å². The van der Waals surface area contributed by atoms with Crippen LogP contribution < -0.4 is 18.9 Å². The molecule has 1 nitrogen and oxygen atoms in total. The first-order valence-corrected chi connectivity index (χ1v) is 3.06. The smallest absolute Gasteiger partial charge is 0.266 e. The molecule has 42 valence electrons. The first-order chi connectivity index (χ1) is 3.79. The maximum atomic E-state index is 12.0. The first-order valence-electron chi connectivity index (χ1n) is 1.98. The van der Waals surface area contributed by atoms with Crippen LogP contribution in [0.25, 0.3) is 0 Å². The Morgan fingerprint density at radius 2 is 2.33 bits per heavy atom. The van der Waals surface area contributed by atoms with Crippen molar-refractivity contribution in [3.8, 4) is 0 Å². The predicted molar refractivity (Wildman–Crippen MR) is 35.7 cm³/mol. The fourth-order valence-electron chi connectivity index (χ4n) is 0.341. The van der Waals surface area contributed by atoms with Crippen molar-refractivity contribution < 1.29 is 23.3 Å². The van der Waals surface area contributed by atoms with E-state index in [2.05, 4.69) is 11.1 Å². The van der Waals surface area contributed by atoms with Crippen molar-refractivity contribution in [3.63, 3.8) is 0 Å². The number of halogens is 2. The summed E-state index contributed by atoms with van der Waals surface area (Å²) in [6.45, 7) is 0. The minimum atomic E-state index is -0.545. The van der Waals surface area contributed by atoms with Crippen LogP contribution in [-0.2, 0) is 0 Å². The Kier molecular flexibility index (Phi) is 4.45. The molecule has 4 heteroatoms. The van der Waals surface area contributed by atoms with Gasteiger partial charge in [0.15, 0.2) is 0 Å². The summed E-state index contributed by atoms with van der Waals surface area (Å²) in [5.41, 5.74) is 0. The Bertz CT molecular complexity index is 177. The van der Waals surface area contributed by atoms with Crippen molar-refractivity contribution in [3.05, 3.63) is 27.8 Å². The molecule has 0 aliphatic heterocycles. The molecular weight excluding hydrogens is 227 g/mol. The second-order valence-corrected chi connectivity index (χ2v) is 2.37. The van der Waals surface area contributed by atoms with Gasteiger partial charge in [0.2, 0.25) is 0 Å². The third kappa shape index (κ3) is 3.19. The van der Waals surface area contributed by atoms with Gasteiger partial charge in [0, 0.05) is 0 Å². The average molecular weight is 229 g/mol. The minimum Gasteiger partial charge on any atom is -0.266 e. The van der Waals surface area contributed by atoms with Crippen molar-refractivity contribution >= 4 is 22.6 Å². The monoisotopic (exact) mass is 229 g/mol. The average Bonchev–Trinajstić information content (AvgIpc) is 1.64. The maximum Gasteiger partial charge on any atom is 1.00 e. The van der Waals surface area contributed by atoms with Crippen LogP contribution in [0.3, 0.4) is 0 Å². The van der Waals surface area contributed by atoms with Gasteiger partial charge in [-0.2, -0.15) is 15.7 Å². The summed E-state index contributed by atoms with van der Waals surface area (Å²) in [4.78, 5) is 3.31. The third-order valence-corrected chi connectivity index (χ3v) is 1.26. The summed E-state index contributed by atoms with van der Waals surface area (Å²) in [7, 11) is 0. The van der Waals surface area contributed by atoms with Crippen molar-refractivity contribution in [1.82, 2.24) is 4.98 Å². The second-order valence-electron chi connectivity index (χ2n) is 1.21. The van der Waals surface area contributed by atoms with Gasteiger partial charge in [0.05, 0.1) is 0 Å². The SMILES string of the molecule is Fc1[c-]c(I)ccn1.[Li+]. The zero-order chi connectivity index (χ0) is 5.98. The van der Waals surface area contributed by atoms with Gasteiger partial charge in [-0.3, -0.25) is 4.98 Å². The van der Waals surface area contributed by atoms with E-state index in [4.69, 9.17) is 0 Å². The zero-order valence-corrected chi connectivity index (χ0v) is 7.02. The van der Waals surface area contributed by atoms with Gasteiger partial charge in [-0.05, 0) is 0 Å². The van der Waals surface area contributed by atoms with Crippen LogP contribution in [0.1, 0.15) is 0 Å². The second kappa shape index (κ2) is 4.26. The molecule has 0 aliphatic rings. The van der Waals surface area contributed by atoms with Crippen LogP contribution in [0.15, 0.2) is 12.3 Å². The minimum absolute atomic E-state index is 0. The van der Waals surface area contributed by atoms with E-state index in [1.807, 2.05) is 22.6 Å². The molecule has 0 atom stereocenters. The summed E-state index contributed by atoms with van der Waals surface area (Å²) in [5.74, 6) is -0.545. The largest absolute Gasteiger partial charge is 1.00 e. The van der Waals surface area contributed by atoms with E-state index in [-0.39, 0.29) is 18.9 Å². The van der Waals surface area contributed by atoms with E-state index in [1.165, 1.54) is 6.20 Å². The van der Waals surface area contributed by atoms with E-state index in [0.29, 0.717) is 0 Å². The molecule has 1 aromatic heterocycles. The Hall–Kier alpha value is 0.407. The molecule has 1 rings (SSSR count). The van der Waals surface area contributed by atoms with E-state index < -0.39 is 5.95 Å². The Morgan fingerprint density at radius 3 is 2.67 bits per heavy atom. The van der Waals surface area contributed by atoms with Crippen molar-refractivity contribution in [2.24, 2.45) is 0 Å². The number of nitrogens with zero attached hydrogens (tertiary/aromatic N) is 1. The molecule has 0 N–H and O–H groups in total. The van der Waals surface area contributed by atoms with Gasteiger partial charge in [0.1, 0.15) is 5.95 Å². The van der Waals surface area contributed by atoms with Crippen LogP contribution in [-0.4, -0.2) is 4.98 Å². The molecule has 0 unspecified atom stereocenters. The van der Waals surface area contributed by atoms with Gasteiger partial charge < -0.3 is 0 Å². The van der Waals surface area contributed by atoms with E-state index >= 15 is 0 Å². The van der Waals surface area contributed by atoms with Crippen LogP contribution in [0.4, 0.5) is 4.39 Å². The summed E-state index contributed by atoms with van der Waals surface area (Å²) in [6, 6.07) is 4.06. The molecule has 0 saturated heterocycles.